The van der Waals surface area contributed by atoms with Crippen molar-refractivity contribution in [2.24, 2.45) is 0 Å². The van der Waals surface area contributed by atoms with Crippen molar-refractivity contribution < 1.29 is 57.8 Å². The summed E-state index contributed by atoms with van der Waals surface area (Å²) in [5.74, 6) is -4.04. The summed E-state index contributed by atoms with van der Waals surface area (Å²) in [5, 5.41) is 44.1. The topological polar surface area (TPSA) is 278 Å². The van der Waals surface area contributed by atoms with Crippen LogP contribution in [-0.2, 0) is 18.9 Å². The van der Waals surface area contributed by atoms with Gasteiger partial charge < -0.3 is 18.9 Å². The maximum atomic E-state index is 12.4. The van der Waals surface area contributed by atoms with Crippen molar-refractivity contribution in [3.8, 4) is 0 Å². The van der Waals surface area contributed by atoms with Crippen molar-refractivity contribution >= 4 is 46.6 Å². The van der Waals surface area contributed by atoms with E-state index in [-0.39, 0.29) is 11.1 Å². The second-order valence-corrected chi connectivity index (χ2v) is 9.71. The number of nitro benzene ring substituents is 4. The fourth-order valence-corrected chi connectivity index (χ4v) is 3.71. The molecule has 0 fully saturated rings. The van der Waals surface area contributed by atoms with Gasteiger partial charge in [-0.05, 0) is 38.1 Å². The molecule has 0 aliphatic heterocycles. The van der Waals surface area contributed by atoms with Gasteiger partial charge in [0.15, 0.2) is 0 Å². The molecule has 0 aromatic heterocycles. The molecule has 2 unspecified atom stereocenters. The average molecular weight is 670 g/mol. The number of hydrogen-bond donors (Lipinski definition) is 0. The molecule has 0 N–H and O–H groups in total. The maximum Gasteiger partial charge on any atom is 0.339 e. The third-order valence-corrected chi connectivity index (χ3v) is 5.99. The molecule has 0 amide bonds. The first-order chi connectivity index (χ1) is 22.5. The van der Waals surface area contributed by atoms with Gasteiger partial charge in [0.2, 0.25) is 0 Å². The number of non-ortho nitro benzene ring substituents is 4. The van der Waals surface area contributed by atoms with Crippen molar-refractivity contribution in [1.29, 1.82) is 0 Å². The summed E-state index contributed by atoms with van der Waals surface area (Å²) >= 11 is 0. The fraction of sp³-hybridized carbons (Fsp3) is 0.214. The molecule has 48 heavy (non-hydrogen) atoms. The van der Waals surface area contributed by atoms with Crippen LogP contribution in [0.1, 0.15) is 55.3 Å². The van der Waals surface area contributed by atoms with Crippen molar-refractivity contribution in [3.05, 3.63) is 123 Å². The largest absolute Gasteiger partial charge is 0.458 e. The minimum Gasteiger partial charge on any atom is -0.458 e. The highest BCUT2D eigenvalue weighted by molar-refractivity contribution is 5.94. The van der Waals surface area contributed by atoms with E-state index in [9.17, 15) is 59.6 Å². The minimum atomic E-state index is -1.13. The Labute approximate surface area is 267 Å². The Balaban J connectivity index is 1.50. The second-order valence-electron chi connectivity index (χ2n) is 9.71. The van der Waals surface area contributed by atoms with Crippen LogP contribution in [0.15, 0.2) is 60.7 Å². The Morgan fingerprint density at radius 3 is 1.02 bits per heavy atom. The van der Waals surface area contributed by atoms with Gasteiger partial charge in [-0.25, -0.2) is 19.2 Å². The molecule has 0 aliphatic rings. The van der Waals surface area contributed by atoms with Gasteiger partial charge in [0, 0.05) is 24.3 Å². The molecule has 0 saturated carbocycles. The predicted molar refractivity (Wildman–Crippen MR) is 156 cm³/mol. The number of carbonyl (C=O) groups is 4. The second kappa shape index (κ2) is 15.4. The summed E-state index contributed by atoms with van der Waals surface area (Å²) in [6, 6.07) is 9.41. The monoisotopic (exact) mass is 670 g/mol. The molecular weight excluding hydrogens is 648 g/mol. The van der Waals surface area contributed by atoms with Gasteiger partial charge >= 0.3 is 23.9 Å². The van der Waals surface area contributed by atoms with Gasteiger partial charge in [-0.2, -0.15) is 0 Å². The summed E-state index contributed by atoms with van der Waals surface area (Å²) in [4.78, 5) is 90.1. The first kappa shape index (κ1) is 35.6. The van der Waals surface area contributed by atoms with Crippen LogP contribution < -0.4 is 0 Å². The summed E-state index contributed by atoms with van der Waals surface area (Å²) in [6.45, 7) is 1.74. The molecule has 3 aromatic rings. The molecule has 2 atom stereocenters. The van der Waals surface area contributed by atoms with E-state index in [2.05, 4.69) is 0 Å². The van der Waals surface area contributed by atoms with Crippen LogP contribution in [-0.4, -0.2) is 69.0 Å². The van der Waals surface area contributed by atoms with Crippen LogP contribution in [0.25, 0.3) is 0 Å². The lowest BCUT2D eigenvalue weighted by atomic mass is 10.1. The van der Waals surface area contributed by atoms with Crippen molar-refractivity contribution in [2.45, 2.75) is 26.1 Å². The average Bonchev–Trinajstić information content (AvgIpc) is 3.05. The molecule has 0 spiro atoms. The summed E-state index contributed by atoms with van der Waals surface area (Å²) < 4.78 is 20.3. The van der Waals surface area contributed by atoms with E-state index in [1.807, 2.05) is 0 Å². The molecular formula is C28H22N4O16. The van der Waals surface area contributed by atoms with Crippen molar-refractivity contribution in [2.75, 3.05) is 13.2 Å². The lowest BCUT2D eigenvalue weighted by molar-refractivity contribution is -0.394. The van der Waals surface area contributed by atoms with Gasteiger partial charge in [-0.3, -0.25) is 40.5 Å². The van der Waals surface area contributed by atoms with E-state index in [0.29, 0.717) is 12.1 Å². The number of rotatable bonds is 14. The van der Waals surface area contributed by atoms with Crippen LogP contribution in [0.3, 0.4) is 0 Å². The van der Waals surface area contributed by atoms with E-state index in [0.717, 1.165) is 24.3 Å². The van der Waals surface area contributed by atoms with Crippen LogP contribution >= 0.6 is 0 Å². The van der Waals surface area contributed by atoms with Gasteiger partial charge in [0.05, 0.1) is 54.1 Å². The molecule has 0 radical (unpaired) electrons. The molecule has 0 aliphatic carbocycles. The first-order valence-corrected chi connectivity index (χ1v) is 13.3. The standard InChI is InChI=1S/C28H22N4O16/c1-15(47-27(35)19-7-21(29(37)38)11-22(8-19)30(39)40)13-45-25(33)17-3-5-18(6-4-17)26(34)46-14-16(2)48-28(36)20-9-23(31(41)42)12-24(10-20)32(43)44/h3-12,15-16H,13-14H2,1-2H3. The first-order valence-electron chi connectivity index (χ1n) is 13.3. The molecule has 0 bridgehead atoms. The Kier molecular flexibility index (Phi) is 11.4. The smallest absolute Gasteiger partial charge is 0.339 e. The summed E-state index contributed by atoms with van der Waals surface area (Å²) in [7, 11) is 0. The number of hydrogen-bond acceptors (Lipinski definition) is 16. The number of nitro groups is 4. The number of esters is 4. The van der Waals surface area contributed by atoms with Crippen LogP contribution in [0, 0.1) is 40.5 Å². The normalized spacial score (nSPS) is 11.7. The summed E-state index contributed by atoms with van der Waals surface area (Å²) in [5.41, 5.74) is -3.76. The van der Waals surface area contributed by atoms with Crippen LogP contribution in [0.5, 0.6) is 0 Å². The number of benzene rings is 3. The highest BCUT2D eigenvalue weighted by atomic mass is 16.6. The molecule has 3 aromatic carbocycles. The van der Waals surface area contributed by atoms with E-state index < -0.39 is 103 Å². The minimum absolute atomic E-state index is 0.0206. The van der Waals surface area contributed by atoms with Gasteiger partial charge in [-0.1, -0.05) is 0 Å². The number of ether oxygens (including phenoxy) is 4. The van der Waals surface area contributed by atoms with Crippen molar-refractivity contribution in [3.63, 3.8) is 0 Å². The van der Waals surface area contributed by atoms with Crippen LogP contribution in [0.4, 0.5) is 22.7 Å². The Morgan fingerprint density at radius 2 is 0.771 bits per heavy atom. The van der Waals surface area contributed by atoms with E-state index >= 15 is 0 Å². The Bertz CT molecular complexity index is 1610. The lowest BCUT2D eigenvalue weighted by Gasteiger charge is -2.14. The number of carbonyl (C=O) groups excluding carboxylic acids is 4. The molecule has 0 saturated heterocycles. The van der Waals surface area contributed by atoms with E-state index in [1.165, 1.54) is 38.1 Å². The lowest BCUT2D eigenvalue weighted by Crippen LogP contribution is -2.23. The zero-order valence-electron chi connectivity index (χ0n) is 24.7. The maximum absolute atomic E-state index is 12.4. The van der Waals surface area contributed by atoms with Gasteiger partial charge in [-0.15, -0.1) is 0 Å². The molecule has 20 nitrogen and oxygen atoms in total. The third-order valence-electron chi connectivity index (χ3n) is 5.99. The third kappa shape index (κ3) is 9.57. The predicted octanol–water partition coefficient (Wildman–Crippen LogP) is 4.12. The number of nitrogens with zero attached hydrogens (tertiary/aromatic N) is 4. The van der Waals surface area contributed by atoms with E-state index in [4.69, 9.17) is 18.9 Å². The van der Waals surface area contributed by atoms with Crippen LogP contribution in [0.2, 0.25) is 0 Å². The highest BCUT2D eigenvalue weighted by Crippen LogP contribution is 2.25. The molecule has 0 heterocycles. The Hall–Kier alpha value is -6.86. The highest BCUT2D eigenvalue weighted by Gasteiger charge is 2.24. The van der Waals surface area contributed by atoms with Gasteiger partial charge in [0.25, 0.3) is 22.7 Å². The van der Waals surface area contributed by atoms with Gasteiger partial charge in [0.1, 0.15) is 25.4 Å². The zero-order chi connectivity index (χ0) is 35.7. The SMILES string of the molecule is CC(COC(=O)c1ccc(C(=O)OCC(C)OC(=O)c2cc([N+](=O)[O-])cc([N+](=O)[O-])c2)cc1)OC(=O)c1cc([N+](=O)[O-])cc([N+](=O)[O-])c1. The molecule has 250 valence electrons. The zero-order valence-corrected chi connectivity index (χ0v) is 24.7. The molecule has 3 rings (SSSR count). The van der Waals surface area contributed by atoms with Crippen molar-refractivity contribution in [1.82, 2.24) is 0 Å². The van der Waals surface area contributed by atoms with E-state index in [1.54, 1.807) is 0 Å². The molecule has 20 heteroatoms. The summed E-state index contributed by atoms with van der Waals surface area (Å²) in [6.07, 6.45) is -2.14. The fourth-order valence-electron chi connectivity index (χ4n) is 3.71. The Morgan fingerprint density at radius 1 is 0.500 bits per heavy atom. The quantitative estimate of drug-likeness (QED) is 0.101.